The summed E-state index contributed by atoms with van der Waals surface area (Å²) in [6.45, 7) is 1.77. The van der Waals surface area contributed by atoms with Gasteiger partial charge < -0.3 is 9.80 Å². The highest BCUT2D eigenvalue weighted by molar-refractivity contribution is 5.94. The summed E-state index contributed by atoms with van der Waals surface area (Å²) in [5.41, 5.74) is 2.00. The summed E-state index contributed by atoms with van der Waals surface area (Å²) in [7, 11) is 6.03. The van der Waals surface area contributed by atoms with Gasteiger partial charge in [-0.2, -0.15) is 0 Å². The fourth-order valence-corrected chi connectivity index (χ4v) is 3.23. The van der Waals surface area contributed by atoms with Crippen LogP contribution in [-0.2, 0) is 6.54 Å². The predicted octanol–water partition coefficient (Wildman–Crippen LogP) is 3.40. The third-order valence-corrected chi connectivity index (χ3v) is 4.28. The van der Waals surface area contributed by atoms with Crippen molar-refractivity contribution in [2.75, 3.05) is 27.7 Å². The maximum absolute atomic E-state index is 12.6. The van der Waals surface area contributed by atoms with Crippen molar-refractivity contribution < 1.29 is 4.79 Å². The van der Waals surface area contributed by atoms with Crippen molar-refractivity contribution in [2.24, 2.45) is 5.92 Å². The molecule has 0 bridgehead atoms. The summed E-state index contributed by atoms with van der Waals surface area (Å²) < 4.78 is 0. The van der Waals surface area contributed by atoms with Crippen molar-refractivity contribution >= 4 is 5.91 Å². The van der Waals surface area contributed by atoms with Crippen LogP contribution in [0.2, 0.25) is 0 Å². The lowest BCUT2D eigenvalue weighted by molar-refractivity contribution is 0.0760. The second-order valence-corrected chi connectivity index (χ2v) is 6.63. The van der Waals surface area contributed by atoms with Crippen LogP contribution in [0.4, 0.5) is 0 Å². The topological polar surface area (TPSA) is 23.6 Å². The number of carbonyl (C=O) groups excluding carboxylic acids is 1. The molecule has 1 aromatic rings. The molecule has 21 heavy (non-hydrogen) atoms. The van der Waals surface area contributed by atoms with Crippen LogP contribution in [-0.4, -0.2) is 43.4 Å². The van der Waals surface area contributed by atoms with Crippen LogP contribution in [0.15, 0.2) is 24.3 Å². The van der Waals surface area contributed by atoms with Gasteiger partial charge in [0.2, 0.25) is 0 Å². The highest BCUT2D eigenvalue weighted by Crippen LogP contribution is 2.24. The highest BCUT2D eigenvalue weighted by atomic mass is 16.2. The molecule has 0 aliphatic heterocycles. The molecule has 1 aliphatic carbocycles. The largest absolute Gasteiger partial charge is 0.341 e. The molecule has 0 radical (unpaired) electrons. The van der Waals surface area contributed by atoms with E-state index >= 15 is 0 Å². The third kappa shape index (κ3) is 4.85. The zero-order chi connectivity index (χ0) is 15.2. The number of amides is 1. The van der Waals surface area contributed by atoms with E-state index in [-0.39, 0.29) is 5.91 Å². The van der Waals surface area contributed by atoms with E-state index in [0.717, 1.165) is 18.7 Å². The van der Waals surface area contributed by atoms with Crippen LogP contribution in [0, 0.1) is 5.92 Å². The van der Waals surface area contributed by atoms with Gasteiger partial charge in [0.25, 0.3) is 5.91 Å². The Bertz CT molecular complexity index is 464. The van der Waals surface area contributed by atoms with E-state index in [4.69, 9.17) is 0 Å². The van der Waals surface area contributed by atoms with E-state index in [1.165, 1.54) is 37.7 Å². The van der Waals surface area contributed by atoms with Gasteiger partial charge in [-0.3, -0.25) is 4.79 Å². The number of hydrogen-bond donors (Lipinski definition) is 0. The summed E-state index contributed by atoms with van der Waals surface area (Å²) in [6.07, 6.45) is 6.56. The van der Waals surface area contributed by atoms with Gasteiger partial charge in [0.15, 0.2) is 0 Å². The molecule has 2 rings (SSSR count). The number of nitrogens with zero attached hydrogens (tertiary/aromatic N) is 2. The fraction of sp³-hybridized carbons (Fsp3) is 0.611. The molecule has 0 aromatic heterocycles. The molecular formula is C18H28N2O. The normalized spacial score (nSPS) is 16.2. The molecule has 1 saturated carbocycles. The number of benzene rings is 1. The second kappa shape index (κ2) is 7.60. The van der Waals surface area contributed by atoms with Crippen molar-refractivity contribution in [1.82, 2.24) is 9.80 Å². The molecule has 0 atom stereocenters. The summed E-state index contributed by atoms with van der Waals surface area (Å²) in [4.78, 5) is 16.6. The molecule has 0 unspecified atom stereocenters. The van der Waals surface area contributed by atoms with Gasteiger partial charge in [0.05, 0.1) is 0 Å². The van der Waals surface area contributed by atoms with Gasteiger partial charge in [0.1, 0.15) is 0 Å². The molecule has 1 amide bonds. The van der Waals surface area contributed by atoms with E-state index in [0.29, 0.717) is 5.92 Å². The SMILES string of the molecule is CN(C)Cc1cccc(C(=O)N(C)CC2CCCCC2)c1. The van der Waals surface area contributed by atoms with Crippen LogP contribution in [0.25, 0.3) is 0 Å². The fourth-order valence-electron chi connectivity index (χ4n) is 3.23. The molecule has 1 fully saturated rings. The van der Waals surface area contributed by atoms with E-state index < -0.39 is 0 Å². The zero-order valence-electron chi connectivity index (χ0n) is 13.6. The molecule has 1 aromatic carbocycles. The number of hydrogen-bond acceptors (Lipinski definition) is 2. The molecule has 0 N–H and O–H groups in total. The summed E-state index contributed by atoms with van der Waals surface area (Å²) in [6, 6.07) is 8.02. The molecule has 1 aliphatic rings. The zero-order valence-corrected chi connectivity index (χ0v) is 13.6. The second-order valence-electron chi connectivity index (χ2n) is 6.63. The molecule has 3 heteroatoms. The van der Waals surface area contributed by atoms with E-state index in [9.17, 15) is 4.79 Å². The standard InChI is InChI=1S/C18H28N2O/c1-19(2)13-16-10-7-11-17(12-16)18(21)20(3)14-15-8-5-4-6-9-15/h7,10-12,15H,4-6,8-9,13-14H2,1-3H3. The molecule has 0 saturated heterocycles. The Kier molecular flexibility index (Phi) is 5.80. The first-order valence-electron chi connectivity index (χ1n) is 8.05. The van der Waals surface area contributed by atoms with Gasteiger partial charge >= 0.3 is 0 Å². The number of carbonyl (C=O) groups is 1. The average molecular weight is 288 g/mol. The molecular weight excluding hydrogens is 260 g/mol. The van der Waals surface area contributed by atoms with Crippen molar-refractivity contribution in [1.29, 1.82) is 0 Å². The molecule has 0 heterocycles. The monoisotopic (exact) mass is 288 g/mol. The lowest BCUT2D eigenvalue weighted by Crippen LogP contribution is -2.32. The van der Waals surface area contributed by atoms with Gasteiger partial charge in [-0.1, -0.05) is 31.4 Å². The maximum atomic E-state index is 12.6. The van der Waals surface area contributed by atoms with Crippen molar-refractivity contribution in [3.05, 3.63) is 35.4 Å². The minimum atomic E-state index is 0.154. The van der Waals surface area contributed by atoms with Gasteiger partial charge in [-0.25, -0.2) is 0 Å². The summed E-state index contributed by atoms with van der Waals surface area (Å²) in [5.74, 6) is 0.846. The van der Waals surface area contributed by atoms with E-state index in [1.54, 1.807) is 0 Å². The quantitative estimate of drug-likeness (QED) is 0.829. The Labute approximate surface area is 128 Å². The minimum Gasteiger partial charge on any atom is -0.341 e. The van der Waals surface area contributed by atoms with Gasteiger partial charge in [0, 0.05) is 25.7 Å². The first-order valence-corrected chi connectivity index (χ1v) is 8.05. The Morgan fingerprint density at radius 1 is 1.14 bits per heavy atom. The van der Waals surface area contributed by atoms with Gasteiger partial charge in [-0.05, 0) is 50.6 Å². The lowest BCUT2D eigenvalue weighted by Gasteiger charge is -2.27. The average Bonchev–Trinajstić information content (AvgIpc) is 2.47. The van der Waals surface area contributed by atoms with Gasteiger partial charge in [-0.15, -0.1) is 0 Å². The molecule has 3 nitrogen and oxygen atoms in total. The Morgan fingerprint density at radius 3 is 2.52 bits per heavy atom. The first kappa shape index (κ1) is 16.0. The highest BCUT2D eigenvalue weighted by Gasteiger charge is 2.19. The van der Waals surface area contributed by atoms with Crippen molar-refractivity contribution in [3.63, 3.8) is 0 Å². The van der Waals surface area contributed by atoms with E-state index in [1.807, 2.05) is 44.2 Å². The molecule has 0 spiro atoms. The third-order valence-electron chi connectivity index (χ3n) is 4.28. The Balaban J connectivity index is 1.97. The Hall–Kier alpha value is -1.35. The van der Waals surface area contributed by atoms with Crippen molar-refractivity contribution in [3.8, 4) is 0 Å². The number of rotatable bonds is 5. The van der Waals surface area contributed by atoms with Crippen molar-refractivity contribution in [2.45, 2.75) is 38.6 Å². The Morgan fingerprint density at radius 2 is 1.86 bits per heavy atom. The van der Waals surface area contributed by atoms with Crippen LogP contribution in [0.3, 0.4) is 0 Å². The lowest BCUT2D eigenvalue weighted by atomic mass is 9.89. The van der Waals surface area contributed by atoms with E-state index in [2.05, 4.69) is 11.0 Å². The van der Waals surface area contributed by atoms with Crippen LogP contribution in [0.1, 0.15) is 48.0 Å². The minimum absolute atomic E-state index is 0.154. The van der Waals surface area contributed by atoms with Crippen LogP contribution >= 0.6 is 0 Å². The molecule has 116 valence electrons. The summed E-state index contributed by atoms with van der Waals surface area (Å²) in [5, 5.41) is 0. The van der Waals surface area contributed by atoms with Crippen LogP contribution in [0.5, 0.6) is 0 Å². The first-order chi connectivity index (χ1) is 10.1. The predicted molar refractivity (Wildman–Crippen MR) is 87.4 cm³/mol. The smallest absolute Gasteiger partial charge is 0.253 e. The summed E-state index contributed by atoms with van der Waals surface area (Å²) >= 11 is 0. The van der Waals surface area contributed by atoms with Crippen LogP contribution < -0.4 is 0 Å². The maximum Gasteiger partial charge on any atom is 0.253 e.